The third-order valence-corrected chi connectivity index (χ3v) is 4.05. The van der Waals surface area contributed by atoms with Gasteiger partial charge in [0.15, 0.2) is 0 Å². The molecule has 4 N–H and O–H groups in total. The predicted octanol–water partition coefficient (Wildman–Crippen LogP) is 1.58. The minimum Gasteiger partial charge on any atom is -0.383 e. The molecule has 0 aromatic heterocycles. The molecule has 1 heterocycles. The Balaban J connectivity index is 0.00000312. The van der Waals surface area contributed by atoms with Gasteiger partial charge in [0.05, 0.1) is 23.3 Å². The van der Waals surface area contributed by atoms with Crippen LogP contribution in [0.25, 0.3) is 0 Å². The molecule has 1 aromatic carbocycles. The molecular weight excluding hydrogens is 369 g/mol. The summed E-state index contributed by atoms with van der Waals surface area (Å²) in [6.07, 6.45) is 0.842. The van der Waals surface area contributed by atoms with Crippen molar-refractivity contribution in [1.29, 1.82) is 0 Å². The third-order valence-electron chi connectivity index (χ3n) is 3.74. The maximum atomic E-state index is 12.2. The van der Waals surface area contributed by atoms with E-state index in [0.29, 0.717) is 37.4 Å². The zero-order valence-corrected chi connectivity index (χ0v) is 15.5. The summed E-state index contributed by atoms with van der Waals surface area (Å²) >= 11 is 6.13. The summed E-state index contributed by atoms with van der Waals surface area (Å²) in [5.74, 6) is -0.529. The van der Waals surface area contributed by atoms with Crippen LogP contribution < -0.4 is 16.4 Å². The Hall–Kier alpha value is -1.38. The summed E-state index contributed by atoms with van der Waals surface area (Å²) in [6.45, 7) is 1.22. The van der Waals surface area contributed by atoms with Gasteiger partial charge in [-0.2, -0.15) is 0 Å². The number of halogens is 2. The van der Waals surface area contributed by atoms with Crippen LogP contribution in [0.3, 0.4) is 0 Å². The van der Waals surface area contributed by atoms with Crippen LogP contribution >= 0.6 is 24.0 Å². The van der Waals surface area contributed by atoms with E-state index in [1.807, 2.05) is 0 Å². The topological polar surface area (TPSA) is 103 Å². The molecule has 25 heavy (non-hydrogen) atoms. The molecule has 140 valence electrons. The normalized spacial score (nSPS) is 19.2. The van der Waals surface area contributed by atoms with Crippen molar-refractivity contribution >= 4 is 41.5 Å². The van der Waals surface area contributed by atoms with E-state index in [1.54, 1.807) is 25.3 Å². The summed E-state index contributed by atoms with van der Waals surface area (Å²) in [7, 11) is 1.56. The minimum atomic E-state index is -0.505. The van der Waals surface area contributed by atoms with Crippen molar-refractivity contribution in [2.45, 2.75) is 25.0 Å². The van der Waals surface area contributed by atoms with Crippen molar-refractivity contribution in [3.63, 3.8) is 0 Å². The monoisotopic (exact) mass is 391 g/mol. The first-order valence-corrected chi connectivity index (χ1v) is 8.16. The van der Waals surface area contributed by atoms with Gasteiger partial charge in [0.2, 0.25) is 0 Å². The fourth-order valence-electron chi connectivity index (χ4n) is 2.43. The number of nitrogens with two attached hydrogens (primary N) is 1. The Labute approximate surface area is 158 Å². The summed E-state index contributed by atoms with van der Waals surface area (Å²) in [5.41, 5.74) is 6.39. The Morgan fingerprint density at radius 2 is 2.16 bits per heavy atom. The Bertz CT molecular complexity index is 601. The van der Waals surface area contributed by atoms with Crippen LogP contribution in [0, 0.1) is 0 Å². The molecule has 1 aliphatic heterocycles. The minimum absolute atomic E-state index is 0. The van der Waals surface area contributed by atoms with Gasteiger partial charge in [-0.15, -0.1) is 12.4 Å². The van der Waals surface area contributed by atoms with E-state index in [-0.39, 0.29) is 35.3 Å². The molecule has 1 aromatic rings. The lowest BCUT2D eigenvalue weighted by Gasteiger charge is -2.13. The van der Waals surface area contributed by atoms with Gasteiger partial charge >= 0.3 is 0 Å². The van der Waals surface area contributed by atoms with Gasteiger partial charge in [-0.1, -0.05) is 11.6 Å². The highest BCUT2D eigenvalue weighted by Crippen LogP contribution is 2.23. The van der Waals surface area contributed by atoms with Gasteiger partial charge in [0, 0.05) is 25.9 Å². The second kappa shape index (κ2) is 10.6. The smallest absolute Gasteiger partial charge is 0.253 e. The standard InChI is InChI=1S/C16H22ClN3O4.ClH/c1-23-7-6-19-15(21)12-4-2-10(8-13(12)17)20-16(22)14-5-3-11(9-18)24-14;/h2,4,8,11,14H,3,5-7,9,18H2,1H3,(H,19,21)(H,20,22);1H/t11-,14+;/m1./s1. The van der Waals surface area contributed by atoms with E-state index in [1.165, 1.54) is 0 Å². The van der Waals surface area contributed by atoms with Crippen LogP contribution in [-0.4, -0.2) is 50.8 Å². The fourth-order valence-corrected chi connectivity index (χ4v) is 2.70. The van der Waals surface area contributed by atoms with E-state index < -0.39 is 6.10 Å². The van der Waals surface area contributed by atoms with Crippen LogP contribution in [0.2, 0.25) is 5.02 Å². The molecule has 2 rings (SSSR count). The molecule has 0 saturated carbocycles. The number of nitrogens with one attached hydrogen (secondary N) is 2. The Morgan fingerprint density at radius 3 is 2.76 bits per heavy atom. The van der Waals surface area contributed by atoms with Gasteiger partial charge < -0.3 is 25.8 Å². The third kappa shape index (κ3) is 6.13. The van der Waals surface area contributed by atoms with Gasteiger partial charge in [-0.3, -0.25) is 9.59 Å². The first kappa shape index (κ1) is 21.7. The zero-order chi connectivity index (χ0) is 17.5. The molecule has 1 saturated heterocycles. The second-order valence-electron chi connectivity index (χ2n) is 5.49. The molecule has 1 fully saturated rings. The van der Waals surface area contributed by atoms with Crippen LogP contribution in [0.5, 0.6) is 0 Å². The van der Waals surface area contributed by atoms with E-state index in [9.17, 15) is 9.59 Å². The average molecular weight is 392 g/mol. The Kier molecular flexibility index (Phi) is 9.16. The van der Waals surface area contributed by atoms with E-state index in [0.717, 1.165) is 6.42 Å². The molecule has 0 bridgehead atoms. The predicted molar refractivity (Wildman–Crippen MR) is 98.5 cm³/mol. The lowest BCUT2D eigenvalue weighted by molar-refractivity contribution is -0.126. The van der Waals surface area contributed by atoms with Gasteiger partial charge in [-0.25, -0.2) is 0 Å². The molecule has 2 atom stereocenters. The number of carbonyl (C=O) groups is 2. The summed E-state index contributed by atoms with van der Waals surface area (Å²) < 4.78 is 10.4. The molecule has 7 nitrogen and oxygen atoms in total. The number of hydrogen-bond donors (Lipinski definition) is 3. The molecule has 2 amide bonds. The molecule has 1 aliphatic rings. The number of rotatable bonds is 7. The number of benzene rings is 1. The van der Waals surface area contributed by atoms with Crippen molar-refractivity contribution in [2.75, 3.05) is 32.1 Å². The van der Waals surface area contributed by atoms with E-state index >= 15 is 0 Å². The summed E-state index contributed by atoms with van der Waals surface area (Å²) in [4.78, 5) is 24.1. The van der Waals surface area contributed by atoms with Gasteiger partial charge in [-0.05, 0) is 31.0 Å². The SMILES string of the molecule is COCCNC(=O)c1ccc(NC(=O)[C@@H]2CC[C@H](CN)O2)cc1Cl.Cl. The van der Waals surface area contributed by atoms with Crippen molar-refractivity contribution in [3.8, 4) is 0 Å². The average Bonchev–Trinajstić information content (AvgIpc) is 3.04. The quantitative estimate of drug-likeness (QED) is 0.612. The molecule has 0 radical (unpaired) electrons. The van der Waals surface area contributed by atoms with Crippen LogP contribution in [0.4, 0.5) is 5.69 Å². The van der Waals surface area contributed by atoms with Gasteiger partial charge in [0.25, 0.3) is 11.8 Å². The highest BCUT2D eigenvalue weighted by Gasteiger charge is 2.29. The molecule has 0 aliphatic carbocycles. The number of anilines is 1. The summed E-state index contributed by atoms with van der Waals surface area (Å²) in [6, 6.07) is 4.74. The first-order valence-electron chi connectivity index (χ1n) is 7.78. The van der Waals surface area contributed by atoms with Crippen molar-refractivity contribution in [1.82, 2.24) is 5.32 Å². The molecule has 0 unspecified atom stereocenters. The maximum Gasteiger partial charge on any atom is 0.253 e. The van der Waals surface area contributed by atoms with Gasteiger partial charge in [0.1, 0.15) is 6.10 Å². The van der Waals surface area contributed by atoms with Crippen LogP contribution in [0.1, 0.15) is 23.2 Å². The number of methoxy groups -OCH3 is 1. The van der Waals surface area contributed by atoms with E-state index in [4.69, 9.17) is 26.8 Å². The van der Waals surface area contributed by atoms with Crippen molar-refractivity contribution in [3.05, 3.63) is 28.8 Å². The summed E-state index contributed by atoms with van der Waals surface area (Å²) in [5, 5.41) is 5.70. The number of ether oxygens (including phenoxy) is 2. The molecular formula is C16H23Cl2N3O4. The lowest BCUT2D eigenvalue weighted by atomic mass is 10.1. The second-order valence-corrected chi connectivity index (χ2v) is 5.90. The number of carbonyl (C=O) groups excluding carboxylic acids is 2. The fraction of sp³-hybridized carbons (Fsp3) is 0.500. The molecule has 9 heteroatoms. The lowest BCUT2D eigenvalue weighted by Crippen LogP contribution is -2.30. The largest absolute Gasteiger partial charge is 0.383 e. The maximum absolute atomic E-state index is 12.2. The Morgan fingerprint density at radius 1 is 1.40 bits per heavy atom. The van der Waals surface area contributed by atoms with E-state index in [2.05, 4.69) is 10.6 Å². The van der Waals surface area contributed by atoms with Crippen molar-refractivity contribution in [2.24, 2.45) is 5.73 Å². The first-order chi connectivity index (χ1) is 11.5. The van der Waals surface area contributed by atoms with Crippen LogP contribution in [0.15, 0.2) is 18.2 Å². The van der Waals surface area contributed by atoms with Crippen LogP contribution in [-0.2, 0) is 14.3 Å². The highest BCUT2D eigenvalue weighted by molar-refractivity contribution is 6.34. The van der Waals surface area contributed by atoms with Crippen molar-refractivity contribution < 1.29 is 19.1 Å². The molecule has 0 spiro atoms. The highest BCUT2D eigenvalue weighted by atomic mass is 35.5. The number of hydrogen-bond acceptors (Lipinski definition) is 5. The number of amides is 2. The zero-order valence-electron chi connectivity index (χ0n) is 13.9.